The van der Waals surface area contributed by atoms with Crippen molar-refractivity contribution in [2.45, 2.75) is 19.1 Å². The molecule has 15 heavy (non-hydrogen) atoms. The van der Waals surface area contributed by atoms with Crippen LogP contribution in [0.4, 0.5) is 8.78 Å². The van der Waals surface area contributed by atoms with Crippen molar-refractivity contribution in [1.82, 2.24) is 5.32 Å². The summed E-state index contributed by atoms with van der Waals surface area (Å²) in [6, 6.07) is 7.15. The molecule has 0 aliphatic carbocycles. The van der Waals surface area contributed by atoms with Crippen LogP contribution < -0.4 is 10.1 Å². The Morgan fingerprint density at radius 2 is 1.87 bits per heavy atom. The van der Waals surface area contributed by atoms with Gasteiger partial charge in [0.05, 0.1) is 0 Å². The molecule has 1 aliphatic rings. The molecule has 0 spiro atoms. The Kier molecular flexibility index (Phi) is 4.29. The molecule has 84 valence electrons. The van der Waals surface area contributed by atoms with Gasteiger partial charge < -0.3 is 10.1 Å². The second kappa shape index (κ2) is 5.28. The Morgan fingerprint density at radius 1 is 1.27 bits per heavy atom. The van der Waals surface area contributed by atoms with Crippen LogP contribution in [0.5, 0.6) is 5.75 Å². The van der Waals surface area contributed by atoms with E-state index < -0.39 is 6.61 Å². The third-order valence-corrected chi connectivity index (χ3v) is 2.33. The number of halogens is 3. The lowest BCUT2D eigenvalue weighted by atomic mass is 9.98. The number of alkyl halides is 2. The quantitative estimate of drug-likeness (QED) is 0.870. The predicted molar refractivity (Wildman–Crippen MR) is 55.7 cm³/mol. The minimum atomic E-state index is -2.75. The van der Waals surface area contributed by atoms with Gasteiger partial charge in [-0.05, 0) is 30.7 Å². The van der Waals surface area contributed by atoms with Gasteiger partial charge >= 0.3 is 6.61 Å². The molecule has 2 rings (SSSR count). The Labute approximate surface area is 93.0 Å². The van der Waals surface area contributed by atoms with Gasteiger partial charge in [0, 0.05) is 6.04 Å². The summed E-state index contributed by atoms with van der Waals surface area (Å²) in [7, 11) is 0. The molecule has 0 radical (unpaired) electrons. The van der Waals surface area contributed by atoms with E-state index in [0.717, 1.165) is 18.5 Å². The average Bonchev–Trinajstić information content (AvgIpc) is 2.04. The van der Waals surface area contributed by atoms with Crippen LogP contribution in [0.2, 0.25) is 0 Å². The molecule has 1 aliphatic heterocycles. The summed E-state index contributed by atoms with van der Waals surface area (Å²) in [5.74, 6) is 0.211. The summed E-state index contributed by atoms with van der Waals surface area (Å²) in [6.45, 7) is -1.72. The van der Waals surface area contributed by atoms with Crippen LogP contribution in [-0.2, 0) is 0 Å². The van der Waals surface area contributed by atoms with E-state index in [2.05, 4.69) is 10.1 Å². The molecular weight excluding hydrogens is 224 g/mol. The SMILES string of the molecule is Cl.FC(F)Oc1ccc([C@@H]2CCN2)cc1. The second-order valence-corrected chi connectivity index (χ2v) is 3.24. The Morgan fingerprint density at radius 3 is 2.27 bits per heavy atom. The third kappa shape index (κ3) is 3.04. The number of hydrogen-bond donors (Lipinski definition) is 1. The van der Waals surface area contributed by atoms with Gasteiger partial charge in [-0.2, -0.15) is 8.78 Å². The highest BCUT2D eigenvalue weighted by atomic mass is 35.5. The van der Waals surface area contributed by atoms with Gasteiger partial charge in [-0.3, -0.25) is 0 Å². The first-order valence-electron chi connectivity index (χ1n) is 4.54. The fraction of sp³-hybridized carbons (Fsp3) is 0.400. The van der Waals surface area contributed by atoms with E-state index in [-0.39, 0.29) is 18.2 Å². The van der Waals surface area contributed by atoms with Crippen molar-refractivity contribution >= 4 is 12.4 Å². The van der Waals surface area contributed by atoms with Crippen molar-refractivity contribution in [3.63, 3.8) is 0 Å². The molecule has 1 saturated heterocycles. The van der Waals surface area contributed by atoms with Gasteiger partial charge in [0.2, 0.25) is 0 Å². The molecule has 1 aromatic carbocycles. The molecule has 1 N–H and O–H groups in total. The summed E-state index contributed by atoms with van der Waals surface area (Å²) in [6.07, 6.45) is 1.11. The highest BCUT2D eigenvalue weighted by molar-refractivity contribution is 5.85. The summed E-state index contributed by atoms with van der Waals surface area (Å²) in [5, 5.41) is 3.23. The normalized spacial score (nSPS) is 19.3. The monoisotopic (exact) mass is 235 g/mol. The lowest BCUT2D eigenvalue weighted by Crippen LogP contribution is -2.34. The molecule has 0 bridgehead atoms. The fourth-order valence-corrected chi connectivity index (χ4v) is 1.45. The molecule has 0 unspecified atom stereocenters. The topological polar surface area (TPSA) is 21.3 Å². The summed E-state index contributed by atoms with van der Waals surface area (Å²) < 4.78 is 27.9. The van der Waals surface area contributed by atoms with Crippen molar-refractivity contribution in [1.29, 1.82) is 0 Å². The lowest BCUT2D eigenvalue weighted by molar-refractivity contribution is -0.0498. The van der Waals surface area contributed by atoms with Crippen molar-refractivity contribution in [2.75, 3.05) is 6.54 Å². The second-order valence-electron chi connectivity index (χ2n) is 3.24. The van der Waals surface area contributed by atoms with Crippen LogP contribution in [0.3, 0.4) is 0 Å². The standard InChI is InChI=1S/C10H11F2NO.ClH/c11-10(12)14-8-3-1-7(2-4-8)9-5-6-13-9;/h1-4,9-10,13H,5-6H2;1H/t9-;/m0./s1. The Bertz CT molecular complexity index is 301. The minimum absolute atomic E-state index is 0. The number of hydrogen-bond acceptors (Lipinski definition) is 2. The maximum absolute atomic E-state index is 11.8. The largest absolute Gasteiger partial charge is 0.435 e. The average molecular weight is 236 g/mol. The minimum Gasteiger partial charge on any atom is -0.435 e. The Balaban J connectivity index is 0.00000112. The van der Waals surface area contributed by atoms with Crippen LogP contribution in [0.25, 0.3) is 0 Å². The first-order chi connectivity index (χ1) is 6.75. The van der Waals surface area contributed by atoms with E-state index >= 15 is 0 Å². The van der Waals surface area contributed by atoms with E-state index in [4.69, 9.17) is 0 Å². The smallest absolute Gasteiger partial charge is 0.387 e. The zero-order valence-corrected chi connectivity index (χ0v) is 8.77. The first kappa shape index (κ1) is 12.2. The molecular formula is C10H12ClF2NO. The molecule has 1 heterocycles. The number of rotatable bonds is 3. The molecule has 1 fully saturated rings. The van der Waals surface area contributed by atoms with E-state index in [1.165, 1.54) is 0 Å². The summed E-state index contributed by atoms with van der Waals surface area (Å²) in [5.41, 5.74) is 1.12. The lowest BCUT2D eigenvalue weighted by Gasteiger charge is -2.28. The van der Waals surface area contributed by atoms with E-state index in [0.29, 0.717) is 6.04 Å². The predicted octanol–water partition coefficient (Wildman–Crippen LogP) is 2.74. The molecule has 0 saturated carbocycles. The fourth-order valence-electron chi connectivity index (χ4n) is 1.45. The van der Waals surface area contributed by atoms with Gasteiger partial charge in [-0.25, -0.2) is 0 Å². The molecule has 5 heteroatoms. The zero-order chi connectivity index (χ0) is 9.97. The van der Waals surface area contributed by atoms with Gasteiger partial charge in [0.15, 0.2) is 0 Å². The van der Waals surface area contributed by atoms with Crippen LogP contribution in [0.1, 0.15) is 18.0 Å². The third-order valence-electron chi connectivity index (χ3n) is 2.33. The van der Waals surface area contributed by atoms with Crippen LogP contribution in [-0.4, -0.2) is 13.2 Å². The highest BCUT2D eigenvalue weighted by Crippen LogP contribution is 2.24. The van der Waals surface area contributed by atoms with Gasteiger partial charge in [-0.1, -0.05) is 12.1 Å². The van der Waals surface area contributed by atoms with E-state index in [1.54, 1.807) is 12.1 Å². The van der Waals surface area contributed by atoms with Gasteiger partial charge in [0.1, 0.15) is 5.75 Å². The summed E-state index contributed by atoms with van der Waals surface area (Å²) in [4.78, 5) is 0. The molecule has 1 aromatic rings. The van der Waals surface area contributed by atoms with Crippen molar-refractivity contribution in [3.05, 3.63) is 29.8 Å². The van der Waals surface area contributed by atoms with Gasteiger partial charge in [0.25, 0.3) is 0 Å². The summed E-state index contributed by atoms with van der Waals surface area (Å²) >= 11 is 0. The first-order valence-corrected chi connectivity index (χ1v) is 4.54. The number of ether oxygens (including phenoxy) is 1. The van der Waals surface area contributed by atoms with E-state index in [1.807, 2.05) is 12.1 Å². The maximum atomic E-state index is 11.8. The maximum Gasteiger partial charge on any atom is 0.387 e. The molecule has 1 atom stereocenters. The molecule has 2 nitrogen and oxygen atoms in total. The Hall–Kier alpha value is -0.870. The zero-order valence-electron chi connectivity index (χ0n) is 7.95. The van der Waals surface area contributed by atoms with Crippen molar-refractivity contribution < 1.29 is 13.5 Å². The van der Waals surface area contributed by atoms with Crippen LogP contribution in [0, 0.1) is 0 Å². The molecule has 0 aromatic heterocycles. The molecule has 0 amide bonds. The van der Waals surface area contributed by atoms with Crippen LogP contribution in [0.15, 0.2) is 24.3 Å². The van der Waals surface area contributed by atoms with Gasteiger partial charge in [-0.15, -0.1) is 12.4 Å². The number of benzene rings is 1. The highest BCUT2D eigenvalue weighted by Gasteiger charge is 2.18. The van der Waals surface area contributed by atoms with Crippen molar-refractivity contribution in [2.24, 2.45) is 0 Å². The van der Waals surface area contributed by atoms with Crippen LogP contribution >= 0.6 is 12.4 Å². The van der Waals surface area contributed by atoms with Crippen molar-refractivity contribution in [3.8, 4) is 5.75 Å². The van der Waals surface area contributed by atoms with E-state index in [9.17, 15) is 8.78 Å². The number of nitrogens with one attached hydrogen (secondary N) is 1.